The van der Waals surface area contributed by atoms with Crippen LogP contribution in [0.15, 0.2) is 18.3 Å². The predicted octanol–water partition coefficient (Wildman–Crippen LogP) is 4.53. The molecule has 4 N–H and O–H groups in total. The molecule has 5 rings (SSSR count). The quantitative estimate of drug-likeness (QED) is 0.455. The molecule has 0 bridgehead atoms. The van der Waals surface area contributed by atoms with Crippen LogP contribution in [0, 0.1) is 23.7 Å². The third-order valence-electron chi connectivity index (χ3n) is 9.19. The summed E-state index contributed by atoms with van der Waals surface area (Å²) in [6.45, 7) is 0.00474. The second-order valence-electron chi connectivity index (χ2n) is 11.4. The maximum absolute atomic E-state index is 13.9. The molecule has 1 saturated heterocycles. The van der Waals surface area contributed by atoms with Crippen molar-refractivity contribution in [1.29, 1.82) is 0 Å². The highest BCUT2D eigenvalue weighted by Crippen LogP contribution is 2.41. The van der Waals surface area contributed by atoms with Gasteiger partial charge >= 0.3 is 5.97 Å². The zero-order valence-corrected chi connectivity index (χ0v) is 22.8. The van der Waals surface area contributed by atoms with E-state index in [1.165, 1.54) is 10.8 Å². The van der Waals surface area contributed by atoms with Crippen molar-refractivity contribution in [3.63, 3.8) is 0 Å². The molecule has 0 spiro atoms. The van der Waals surface area contributed by atoms with Crippen LogP contribution < -0.4 is 11.1 Å². The SMILES string of the molecule is N[C@H](CF)[C@H]1CC[C@H](C(=O)N2CC[C@@H](C3CCCCC3)[C@H]2C(=O)Nc2ccc3nc(C(=O)O)c(Cl)n3c2)CC1. The van der Waals surface area contributed by atoms with Crippen LogP contribution in [0.25, 0.3) is 5.65 Å². The van der Waals surface area contributed by atoms with Crippen molar-refractivity contribution in [3.8, 4) is 0 Å². The summed E-state index contributed by atoms with van der Waals surface area (Å²) in [7, 11) is 0. The first-order chi connectivity index (χ1) is 18.8. The van der Waals surface area contributed by atoms with E-state index >= 15 is 0 Å². The number of carboxylic acid groups (broad SMARTS) is 1. The van der Waals surface area contributed by atoms with Gasteiger partial charge in [0.2, 0.25) is 11.8 Å². The first-order valence-corrected chi connectivity index (χ1v) is 14.5. The normalized spacial score (nSPS) is 27.0. The van der Waals surface area contributed by atoms with E-state index in [4.69, 9.17) is 17.3 Å². The molecule has 2 aromatic heterocycles. The van der Waals surface area contributed by atoms with Crippen molar-refractivity contribution in [1.82, 2.24) is 14.3 Å². The number of fused-ring (bicyclic) bond motifs is 1. The molecule has 11 heteroatoms. The number of rotatable bonds is 7. The van der Waals surface area contributed by atoms with Gasteiger partial charge in [-0.1, -0.05) is 43.7 Å². The van der Waals surface area contributed by atoms with Crippen LogP contribution in [0.2, 0.25) is 5.15 Å². The van der Waals surface area contributed by atoms with Gasteiger partial charge in [0.05, 0.1) is 5.69 Å². The maximum Gasteiger partial charge on any atom is 0.357 e. The minimum absolute atomic E-state index is 0.0138. The molecule has 2 aliphatic carbocycles. The molecule has 2 aromatic rings. The van der Waals surface area contributed by atoms with Gasteiger partial charge in [-0.3, -0.25) is 14.0 Å². The molecule has 0 unspecified atom stereocenters. The summed E-state index contributed by atoms with van der Waals surface area (Å²) in [5.41, 5.74) is 6.47. The zero-order valence-electron chi connectivity index (χ0n) is 22.0. The van der Waals surface area contributed by atoms with E-state index in [-0.39, 0.29) is 40.4 Å². The van der Waals surface area contributed by atoms with E-state index in [0.29, 0.717) is 36.6 Å². The van der Waals surface area contributed by atoms with E-state index in [9.17, 15) is 23.9 Å². The molecule has 3 aliphatic rings. The number of nitrogens with zero attached hydrogens (tertiary/aromatic N) is 3. The van der Waals surface area contributed by atoms with Crippen LogP contribution in [-0.4, -0.2) is 62.5 Å². The van der Waals surface area contributed by atoms with Gasteiger partial charge in [-0.25, -0.2) is 14.2 Å². The van der Waals surface area contributed by atoms with Crippen LogP contribution in [0.3, 0.4) is 0 Å². The number of aromatic carboxylic acids is 1. The lowest BCUT2D eigenvalue weighted by Gasteiger charge is -2.36. The lowest BCUT2D eigenvalue weighted by molar-refractivity contribution is -0.142. The van der Waals surface area contributed by atoms with Gasteiger partial charge in [-0.15, -0.1) is 0 Å². The van der Waals surface area contributed by atoms with Crippen LogP contribution in [0.5, 0.6) is 0 Å². The number of likely N-dealkylation sites (tertiary alicyclic amines) is 1. The minimum Gasteiger partial charge on any atom is -0.476 e. The molecule has 39 heavy (non-hydrogen) atoms. The molecule has 2 saturated carbocycles. The Morgan fingerprint density at radius 3 is 2.49 bits per heavy atom. The highest BCUT2D eigenvalue weighted by molar-refractivity contribution is 6.32. The van der Waals surface area contributed by atoms with Crippen LogP contribution in [0.1, 0.15) is 74.7 Å². The smallest absolute Gasteiger partial charge is 0.357 e. The first kappa shape index (κ1) is 27.8. The third kappa shape index (κ3) is 5.63. The number of pyridine rings is 1. The third-order valence-corrected chi connectivity index (χ3v) is 9.55. The fourth-order valence-electron chi connectivity index (χ4n) is 7.05. The van der Waals surface area contributed by atoms with Crippen molar-refractivity contribution in [2.75, 3.05) is 18.5 Å². The Balaban J connectivity index is 1.36. The first-order valence-electron chi connectivity index (χ1n) is 14.1. The molecule has 9 nitrogen and oxygen atoms in total. The van der Waals surface area contributed by atoms with Gasteiger partial charge in [-0.2, -0.15) is 0 Å². The molecule has 0 aromatic carbocycles. The number of carboxylic acids is 1. The topological polar surface area (TPSA) is 130 Å². The summed E-state index contributed by atoms with van der Waals surface area (Å²) in [5, 5.41) is 12.3. The number of aromatic nitrogens is 2. The standard InChI is InChI=1S/C28H37ClFN5O4/c29-25-23(28(38)39)33-22-11-10-19(15-35(22)25)32-26(36)24-20(16-4-2-1-3-5-16)12-13-34(24)27(37)18-8-6-17(7-9-18)21(31)14-30/h10-11,15-18,20-21,24H,1-9,12-14,31H2,(H,32,36)(H,38,39)/t17-,18-,20-,21+,24-/m0/s1. The monoisotopic (exact) mass is 561 g/mol. The number of anilines is 1. The van der Waals surface area contributed by atoms with E-state index in [2.05, 4.69) is 10.3 Å². The minimum atomic E-state index is -1.23. The summed E-state index contributed by atoms with van der Waals surface area (Å²) in [6.07, 6.45) is 10.8. The second kappa shape index (κ2) is 11.8. The molecule has 3 fully saturated rings. The number of imidazole rings is 1. The van der Waals surface area contributed by atoms with E-state index in [1.807, 2.05) is 0 Å². The second-order valence-corrected chi connectivity index (χ2v) is 11.8. The number of carbonyl (C=O) groups is 3. The molecule has 1 aliphatic heterocycles. The molecule has 3 heterocycles. The molecule has 212 valence electrons. The molecule has 0 radical (unpaired) electrons. The Hall–Kier alpha value is -2.72. The van der Waals surface area contributed by atoms with Crippen molar-refractivity contribution in [3.05, 3.63) is 29.2 Å². The van der Waals surface area contributed by atoms with Crippen molar-refractivity contribution >= 4 is 40.7 Å². The molecule has 2 amide bonds. The van der Waals surface area contributed by atoms with E-state index in [1.54, 1.807) is 23.2 Å². The summed E-state index contributed by atoms with van der Waals surface area (Å²) in [5.74, 6) is -1.05. The number of carbonyl (C=O) groups excluding carboxylic acids is 2. The summed E-state index contributed by atoms with van der Waals surface area (Å²) < 4.78 is 14.5. The van der Waals surface area contributed by atoms with Crippen LogP contribution in [0.4, 0.5) is 10.1 Å². The average Bonchev–Trinajstić information content (AvgIpc) is 3.54. The van der Waals surface area contributed by atoms with E-state index < -0.39 is 24.7 Å². The van der Waals surface area contributed by atoms with Crippen molar-refractivity contribution in [2.24, 2.45) is 29.4 Å². The Bertz CT molecular complexity index is 1220. The lowest BCUT2D eigenvalue weighted by atomic mass is 9.76. The largest absolute Gasteiger partial charge is 0.476 e. The van der Waals surface area contributed by atoms with Gasteiger partial charge in [0, 0.05) is 24.7 Å². The highest BCUT2D eigenvalue weighted by Gasteiger charge is 2.47. The number of hydrogen-bond donors (Lipinski definition) is 3. The number of amides is 2. The summed E-state index contributed by atoms with van der Waals surface area (Å²) in [6, 6.07) is 2.21. The number of nitrogens with two attached hydrogens (primary N) is 1. The maximum atomic E-state index is 13.9. The van der Waals surface area contributed by atoms with Crippen molar-refractivity contribution in [2.45, 2.75) is 76.3 Å². The van der Waals surface area contributed by atoms with Crippen LogP contribution in [-0.2, 0) is 9.59 Å². The lowest BCUT2D eigenvalue weighted by Crippen LogP contribution is -2.50. The molecular weight excluding hydrogens is 525 g/mol. The molecule has 3 atom stereocenters. The fraction of sp³-hybridized carbons (Fsp3) is 0.643. The Kier molecular flexibility index (Phi) is 8.42. The summed E-state index contributed by atoms with van der Waals surface area (Å²) in [4.78, 5) is 44.9. The van der Waals surface area contributed by atoms with Gasteiger partial charge in [0.15, 0.2) is 5.69 Å². The van der Waals surface area contributed by atoms with Gasteiger partial charge < -0.3 is 21.1 Å². The van der Waals surface area contributed by atoms with Crippen molar-refractivity contribution < 1.29 is 23.9 Å². The molecular formula is C28H37ClFN5O4. The Labute approximate surface area is 232 Å². The van der Waals surface area contributed by atoms with Gasteiger partial charge in [0.1, 0.15) is 23.5 Å². The highest BCUT2D eigenvalue weighted by atomic mass is 35.5. The average molecular weight is 562 g/mol. The van der Waals surface area contributed by atoms with Gasteiger partial charge in [-0.05, 0) is 62.0 Å². The fourth-order valence-corrected chi connectivity index (χ4v) is 7.31. The Morgan fingerprint density at radius 1 is 1.10 bits per heavy atom. The van der Waals surface area contributed by atoms with Gasteiger partial charge in [0.25, 0.3) is 0 Å². The van der Waals surface area contributed by atoms with Crippen LogP contribution >= 0.6 is 11.6 Å². The number of halogens is 2. The zero-order chi connectivity index (χ0) is 27.7. The Morgan fingerprint density at radius 2 is 1.82 bits per heavy atom. The number of hydrogen-bond acceptors (Lipinski definition) is 5. The number of alkyl halides is 1. The predicted molar refractivity (Wildman–Crippen MR) is 145 cm³/mol. The summed E-state index contributed by atoms with van der Waals surface area (Å²) >= 11 is 6.23. The van der Waals surface area contributed by atoms with E-state index in [0.717, 1.165) is 44.9 Å². The number of nitrogens with one attached hydrogen (secondary N) is 1.